The van der Waals surface area contributed by atoms with E-state index in [2.05, 4.69) is 15.3 Å². The zero-order chi connectivity index (χ0) is 29.1. The molecule has 10 nitrogen and oxygen atoms in total. The summed E-state index contributed by atoms with van der Waals surface area (Å²) in [4.78, 5) is 38.7. The molecule has 0 radical (unpaired) electrons. The molecule has 2 unspecified atom stereocenters. The summed E-state index contributed by atoms with van der Waals surface area (Å²) in [6.45, 7) is 4.71. The van der Waals surface area contributed by atoms with E-state index >= 15 is 0 Å². The third-order valence-corrected chi connectivity index (χ3v) is 7.29. The van der Waals surface area contributed by atoms with Crippen LogP contribution in [0.1, 0.15) is 47.7 Å². The number of anilines is 3. The van der Waals surface area contributed by atoms with E-state index in [1.807, 2.05) is 17.9 Å². The minimum absolute atomic E-state index is 0.191. The van der Waals surface area contributed by atoms with E-state index in [0.717, 1.165) is 12.8 Å². The van der Waals surface area contributed by atoms with Crippen molar-refractivity contribution < 1.29 is 32.3 Å². The number of nitrogens with one attached hydrogen (secondary N) is 1. The summed E-state index contributed by atoms with van der Waals surface area (Å²) in [6.07, 6.45) is -2.99. The van der Waals surface area contributed by atoms with Gasteiger partial charge in [0, 0.05) is 39.3 Å². The van der Waals surface area contributed by atoms with Crippen molar-refractivity contribution in [1.29, 1.82) is 0 Å². The number of nitrogens with zero attached hydrogens (tertiary/aromatic N) is 5. The quantitative estimate of drug-likeness (QED) is 0.456. The standard InChI is InChI=1S/C28H31F3N6O4/c1-18-6-5-11-37(17-18)27-34-24(28(29,30)31)23(41-27)25(39)33-20-9-10-21(32-16-20)35-12-14-36(15-13-35)26(40)22(38)19-7-3-2-4-8-19/h2-4,7-10,16,18,22,38H,5-6,11-15,17H2,1H3,(H,33,39). The van der Waals surface area contributed by atoms with Gasteiger partial charge in [-0.15, -0.1) is 0 Å². The average molecular weight is 573 g/mol. The zero-order valence-electron chi connectivity index (χ0n) is 22.5. The first-order valence-electron chi connectivity index (χ1n) is 13.5. The Morgan fingerprint density at radius 3 is 2.41 bits per heavy atom. The van der Waals surface area contributed by atoms with Crippen LogP contribution in [-0.4, -0.2) is 71.1 Å². The smallest absolute Gasteiger partial charge is 0.417 e. The van der Waals surface area contributed by atoms with Crippen LogP contribution >= 0.6 is 0 Å². The van der Waals surface area contributed by atoms with Gasteiger partial charge in [-0.2, -0.15) is 18.2 Å². The maximum absolute atomic E-state index is 13.7. The van der Waals surface area contributed by atoms with Gasteiger partial charge in [0.2, 0.25) is 5.76 Å². The van der Waals surface area contributed by atoms with E-state index in [-0.39, 0.29) is 23.5 Å². The van der Waals surface area contributed by atoms with E-state index in [0.29, 0.717) is 50.6 Å². The Kier molecular flexibility index (Phi) is 8.15. The van der Waals surface area contributed by atoms with Crippen molar-refractivity contribution in [2.24, 2.45) is 5.92 Å². The van der Waals surface area contributed by atoms with Crippen LogP contribution in [0.25, 0.3) is 0 Å². The van der Waals surface area contributed by atoms with Gasteiger partial charge >= 0.3 is 6.18 Å². The van der Waals surface area contributed by atoms with Gasteiger partial charge in [0.25, 0.3) is 17.8 Å². The summed E-state index contributed by atoms with van der Waals surface area (Å²) in [6, 6.07) is 11.7. The molecule has 13 heteroatoms. The first kappa shape index (κ1) is 28.4. The number of aromatic nitrogens is 2. The summed E-state index contributed by atoms with van der Waals surface area (Å²) < 4.78 is 46.4. The van der Waals surface area contributed by atoms with Crippen molar-refractivity contribution in [3.63, 3.8) is 0 Å². The molecule has 1 aromatic carbocycles. The molecule has 218 valence electrons. The van der Waals surface area contributed by atoms with E-state index in [1.54, 1.807) is 40.1 Å². The fourth-order valence-corrected chi connectivity index (χ4v) is 5.09. The highest BCUT2D eigenvalue weighted by Gasteiger charge is 2.42. The topological polar surface area (TPSA) is 115 Å². The summed E-state index contributed by atoms with van der Waals surface area (Å²) in [7, 11) is 0. The van der Waals surface area contributed by atoms with Crippen molar-refractivity contribution in [3.05, 3.63) is 65.7 Å². The molecule has 3 aromatic rings. The fraction of sp³-hybridized carbons (Fsp3) is 0.429. The Labute approximate surface area is 234 Å². The molecule has 0 saturated carbocycles. The SMILES string of the molecule is CC1CCCN(c2nc(C(F)(F)F)c(C(=O)Nc3ccc(N4CCN(C(=O)C(O)c5ccccc5)CC4)nc3)o2)C1. The predicted octanol–water partition coefficient (Wildman–Crippen LogP) is 3.96. The van der Waals surface area contributed by atoms with E-state index in [4.69, 9.17) is 4.42 Å². The Morgan fingerprint density at radius 2 is 1.78 bits per heavy atom. The minimum atomic E-state index is -4.86. The summed E-state index contributed by atoms with van der Waals surface area (Å²) >= 11 is 0. The molecular formula is C28H31F3N6O4. The molecule has 0 bridgehead atoms. The third kappa shape index (κ3) is 6.45. The van der Waals surface area contributed by atoms with E-state index in [1.165, 1.54) is 12.3 Å². The molecule has 2 N–H and O–H groups in total. The van der Waals surface area contributed by atoms with Crippen LogP contribution in [-0.2, 0) is 11.0 Å². The van der Waals surface area contributed by atoms with E-state index in [9.17, 15) is 27.9 Å². The molecule has 41 heavy (non-hydrogen) atoms. The first-order valence-corrected chi connectivity index (χ1v) is 13.5. The van der Waals surface area contributed by atoms with Crippen molar-refractivity contribution in [2.45, 2.75) is 32.0 Å². The Hall–Kier alpha value is -4.13. The number of aliphatic hydroxyl groups is 1. The number of aliphatic hydroxyl groups excluding tert-OH is 1. The molecule has 2 atom stereocenters. The van der Waals surface area contributed by atoms with E-state index < -0.39 is 29.6 Å². The lowest BCUT2D eigenvalue weighted by atomic mass is 10.0. The normalized spacial score (nSPS) is 18.8. The lowest BCUT2D eigenvalue weighted by Gasteiger charge is -2.36. The Bertz CT molecular complexity index is 1360. The molecule has 2 aromatic heterocycles. The highest BCUT2D eigenvalue weighted by atomic mass is 19.4. The molecule has 0 spiro atoms. The summed E-state index contributed by atoms with van der Waals surface area (Å²) in [5.74, 6) is -1.48. The Balaban J connectivity index is 1.20. The number of piperazine rings is 1. The number of amides is 2. The molecule has 4 heterocycles. The second-order valence-corrected chi connectivity index (χ2v) is 10.4. The van der Waals surface area contributed by atoms with Gasteiger partial charge < -0.3 is 29.5 Å². The number of oxazole rings is 1. The first-order chi connectivity index (χ1) is 19.6. The fourth-order valence-electron chi connectivity index (χ4n) is 5.09. The van der Waals surface area contributed by atoms with Gasteiger partial charge in [-0.25, -0.2) is 4.98 Å². The molecule has 2 aliphatic rings. The average Bonchev–Trinajstić information content (AvgIpc) is 3.44. The molecule has 2 aliphatic heterocycles. The number of halogens is 3. The Morgan fingerprint density at radius 1 is 1.05 bits per heavy atom. The van der Waals surface area contributed by atoms with Crippen LogP contribution in [0.3, 0.4) is 0 Å². The van der Waals surface area contributed by atoms with Gasteiger partial charge in [0.15, 0.2) is 11.8 Å². The zero-order valence-corrected chi connectivity index (χ0v) is 22.5. The van der Waals surface area contributed by atoms with Gasteiger partial charge in [-0.05, 0) is 36.5 Å². The second kappa shape index (κ2) is 11.8. The summed E-state index contributed by atoms with van der Waals surface area (Å²) in [5.41, 5.74) is -0.641. The number of piperidine rings is 1. The van der Waals surface area contributed by atoms with Crippen molar-refractivity contribution in [1.82, 2.24) is 14.9 Å². The van der Waals surface area contributed by atoms with Gasteiger partial charge in [0.1, 0.15) is 5.82 Å². The van der Waals surface area contributed by atoms with Crippen LogP contribution < -0.4 is 15.1 Å². The lowest BCUT2D eigenvalue weighted by molar-refractivity contribution is -0.142. The molecule has 0 aliphatic carbocycles. The van der Waals surface area contributed by atoms with Crippen LogP contribution in [0.15, 0.2) is 53.1 Å². The van der Waals surface area contributed by atoms with Crippen LogP contribution in [0.2, 0.25) is 0 Å². The predicted molar refractivity (Wildman–Crippen MR) is 145 cm³/mol. The van der Waals surface area contributed by atoms with Crippen LogP contribution in [0.4, 0.5) is 30.7 Å². The second-order valence-electron chi connectivity index (χ2n) is 10.4. The van der Waals surface area contributed by atoms with Gasteiger partial charge in [-0.1, -0.05) is 37.3 Å². The lowest BCUT2D eigenvalue weighted by Crippen LogP contribution is -2.50. The largest absolute Gasteiger partial charge is 0.437 e. The number of hydrogen-bond donors (Lipinski definition) is 2. The highest BCUT2D eigenvalue weighted by Crippen LogP contribution is 2.35. The van der Waals surface area contributed by atoms with Crippen molar-refractivity contribution in [3.8, 4) is 0 Å². The third-order valence-electron chi connectivity index (χ3n) is 7.29. The molecule has 5 rings (SSSR count). The van der Waals surface area contributed by atoms with Crippen LogP contribution in [0, 0.1) is 5.92 Å². The maximum Gasteiger partial charge on any atom is 0.437 e. The van der Waals surface area contributed by atoms with Crippen molar-refractivity contribution in [2.75, 3.05) is 54.4 Å². The number of alkyl halides is 3. The number of carbonyl (C=O) groups is 2. The molecule has 2 amide bonds. The number of carbonyl (C=O) groups excluding carboxylic acids is 2. The monoisotopic (exact) mass is 572 g/mol. The van der Waals surface area contributed by atoms with Gasteiger partial charge in [-0.3, -0.25) is 9.59 Å². The van der Waals surface area contributed by atoms with Gasteiger partial charge in [0.05, 0.1) is 11.9 Å². The summed E-state index contributed by atoms with van der Waals surface area (Å²) in [5, 5.41) is 12.8. The number of pyridine rings is 1. The maximum atomic E-state index is 13.7. The molecule has 2 saturated heterocycles. The molecule has 2 fully saturated rings. The van der Waals surface area contributed by atoms with Crippen molar-refractivity contribution >= 4 is 29.3 Å². The highest BCUT2D eigenvalue weighted by molar-refractivity contribution is 6.03. The number of hydrogen-bond acceptors (Lipinski definition) is 8. The van der Waals surface area contributed by atoms with Crippen LogP contribution in [0.5, 0.6) is 0 Å². The molecular weight excluding hydrogens is 541 g/mol. The number of rotatable bonds is 6. The minimum Gasteiger partial charge on any atom is -0.417 e. The number of benzene rings is 1.